The Balaban J connectivity index is 1.64. The smallest absolute Gasteiger partial charge is 0.175 e. The maximum absolute atomic E-state index is 11.8. The molecule has 0 amide bonds. The van der Waals surface area contributed by atoms with Gasteiger partial charge >= 0.3 is 0 Å². The van der Waals surface area contributed by atoms with Crippen molar-refractivity contribution in [1.29, 1.82) is 0 Å². The van der Waals surface area contributed by atoms with E-state index >= 15 is 0 Å². The van der Waals surface area contributed by atoms with E-state index in [9.17, 15) is 8.42 Å². The normalized spacial score (nSPS) is 11.9. The number of fused-ring (bicyclic) bond motifs is 2. The van der Waals surface area contributed by atoms with Crippen LogP contribution in [0.15, 0.2) is 71.6 Å². The maximum atomic E-state index is 11.8. The fourth-order valence-corrected chi connectivity index (χ4v) is 4.58. The quantitative estimate of drug-likeness (QED) is 0.390. The summed E-state index contributed by atoms with van der Waals surface area (Å²) in [5.41, 5.74) is 4.56. The first-order valence-corrected chi connectivity index (χ1v) is 12.4. The van der Waals surface area contributed by atoms with Gasteiger partial charge in [-0.3, -0.25) is 4.68 Å². The molecule has 0 bridgehead atoms. The largest absolute Gasteiger partial charge is 0.329 e. The first kappa shape index (κ1) is 21.1. The van der Waals surface area contributed by atoms with Gasteiger partial charge in [-0.25, -0.2) is 18.4 Å². The Morgan fingerprint density at radius 1 is 0.879 bits per heavy atom. The number of sulfone groups is 1. The molecule has 0 saturated carbocycles. The second kappa shape index (κ2) is 7.67. The van der Waals surface area contributed by atoms with Crippen LogP contribution in [0.5, 0.6) is 0 Å². The molecule has 7 nitrogen and oxygen atoms in total. The molecule has 2 heterocycles. The molecule has 0 aliphatic heterocycles. The third kappa shape index (κ3) is 3.72. The van der Waals surface area contributed by atoms with Crippen LogP contribution < -0.4 is 4.90 Å². The van der Waals surface area contributed by atoms with Crippen molar-refractivity contribution in [1.82, 2.24) is 19.7 Å². The van der Waals surface area contributed by atoms with Crippen LogP contribution in [0.25, 0.3) is 33.2 Å². The van der Waals surface area contributed by atoms with Crippen LogP contribution in [0, 0.1) is 6.92 Å². The number of hydrogen-bond acceptors (Lipinski definition) is 6. The van der Waals surface area contributed by atoms with Crippen molar-refractivity contribution < 1.29 is 8.42 Å². The van der Waals surface area contributed by atoms with Gasteiger partial charge in [0.2, 0.25) is 0 Å². The molecule has 0 unspecified atom stereocenters. The zero-order valence-electron chi connectivity index (χ0n) is 18.8. The van der Waals surface area contributed by atoms with E-state index in [0.29, 0.717) is 5.82 Å². The van der Waals surface area contributed by atoms with Gasteiger partial charge in [0.1, 0.15) is 5.82 Å². The number of anilines is 2. The van der Waals surface area contributed by atoms with E-state index in [2.05, 4.69) is 30.2 Å². The maximum Gasteiger partial charge on any atom is 0.175 e. The number of para-hydroxylation sites is 1. The van der Waals surface area contributed by atoms with Gasteiger partial charge < -0.3 is 4.90 Å². The summed E-state index contributed by atoms with van der Waals surface area (Å²) in [4.78, 5) is 11.9. The van der Waals surface area contributed by atoms with E-state index < -0.39 is 9.84 Å². The highest BCUT2D eigenvalue weighted by atomic mass is 32.2. The molecule has 8 heteroatoms. The van der Waals surface area contributed by atoms with Crippen LogP contribution in [-0.2, 0) is 16.9 Å². The average molecular weight is 458 g/mol. The fraction of sp³-hybridized carbons (Fsp3) is 0.160. The number of benzene rings is 3. The van der Waals surface area contributed by atoms with E-state index in [-0.39, 0.29) is 4.90 Å². The minimum atomic E-state index is -3.27. The van der Waals surface area contributed by atoms with Crippen molar-refractivity contribution in [3.05, 3.63) is 72.4 Å². The van der Waals surface area contributed by atoms with E-state index in [4.69, 9.17) is 9.97 Å². The molecule has 33 heavy (non-hydrogen) atoms. The van der Waals surface area contributed by atoms with Gasteiger partial charge in [0.15, 0.2) is 15.7 Å². The Hall–Kier alpha value is -3.78. The molecular formula is C25H23N5O2S. The highest BCUT2D eigenvalue weighted by molar-refractivity contribution is 7.90. The lowest BCUT2D eigenvalue weighted by Gasteiger charge is -2.21. The Bertz CT molecular complexity index is 1620. The van der Waals surface area contributed by atoms with Gasteiger partial charge in [0.25, 0.3) is 0 Å². The van der Waals surface area contributed by atoms with Crippen LogP contribution in [0.1, 0.15) is 5.69 Å². The van der Waals surface area contributed by atoms with Gasteiger partial charge in [0, 0.05) is 48.1 Å². The highest BCUT2D eigenvalue weighted by Gasteiger charge is 2.16. The Kier molecular flexibility index (Phi) is 4.90. The number of aryl methyl sites for hydroxylation is 2. The SMILES string of the molecule is Cc1c2ccc(N(C)c3nc(-c4ccc(S(C)(=O)=O)cc4)nc4ccccc34)cc2nn1C. The number of nitrogens with zero attached hydrogens (tertiary/aromatic N) is 5. The Morgan fingerprint density at radius 2 is 1.61 bits per heavy atom. The van der Waals surface area contributed by atoms with Crippen LogP contribution in [0.3, 0.4) is 0 Å². The molecule has 0 radical (unpaired) electrons. The second-order valence-corrected chi connectivity index (χ2v) is 10.2. The molecule has 0 atom stereocenters. The molecule has 0 fully saturated rings. The van der Waals surface area contributed by atoms with Crippen LogP contribution in [0.2, 0.25) is 0 Å². The highest BCUT2D eigenvalue weighted by Crippen LogP contribution is 2.33. The van der Waals surface area contributed by atoms with E-state index in [0.717, 1.165) is 44.6 Å². The number of hydrogen-bond donors (Lipinski definition) is 0. The minimum absolute atomic E-state index is 0.267. The second-order valence-electron chi connectivity index (χ2n) is 8.15. The molecular weight excluding hydrogens is 434 g/mol. The summed E-state index contributed by atoms with van der Waals surface area (Å²) in [6.45, 7) is 2.05. The first-order chi connectivity index (χ1) is 15.7. The molecule has 166 valence electrons. The van der Waals surface area contributed by atoms with Gasteiger partial charge in [-0.05, 0) is 61.5 Å². The van der Waals surface area contributed by atoms with Gasteiger partial charge in [-0.2, -0.15) is 5.10 Å². The third-order valence-electron chi connectivity index (χ3n) is 5.94. The van der Waals surface area contributed by atoms with E-state index in [1.54, 1.807) is 24.3 Å². The molecule has 3 aromatic carbocycles. The van der Waals surface area contributed by atoms with Crippen molar-refractivity contribution in [2.24, 2.45) is 7.05 Å². The number of aromatic nitrogens is 4. The lowest BCUT2D eigenvalue weighted by molar-refractivity contribution is 0.602. The third-order valence-corrected chi connectivity index (χ3v) is 7.07. The van der Waals surface area contributed by atoms with Crippen molar-refractivity contribution in [3.8, 4) is 11.4 Å². The minimum Gasteiger partial charge on any atom is -0.329 e. The lowest BCUT2D eigenvalue weighted by atomic mass is 10.1. The van der Waals surface area contributed by atoms with Crippen LogP contribution in [0.4, 0.5) is 11.5 Å². The van der Waals surface area contributed by atoms with Crippen molar-refractivity contribution in [2.45, 2.75) is 11.8 Å². The molecule has 5 aromatic rings. The van der Waals surface area contributed by atoms with E-state index in [1.807, 2.05) is 47.9 Å². The summed E-state index contributed by atoms with van der Waals surface area (Å²) in [7, 11) is 0.647. The first-order valence-electron chi connectivity index (χ1n) is 10.5. The summed E-state index contributed by atoms with van der Waals surface area (Å²) in [5.74, 6) is 1.29. The molecule has 0 aliphatic carbocycles. The predicted molar refractivity (Wildman–Crippen MR) is 132 cm³/mol. The Morgan fingerprint density at radius 3 is 2.33 bits per heavy atom. The molecule has 2 aromatic heterocycles. The monoisotopic (exact) mass is 457 g/mol. The molecule has 0 N–H and O–H groups in total. The summed E-state index contributed by atoms with van der Waals surface area (Å²) in [5, 5.41) is 6.66. The zero-order valence-corrected chi connectivity index (χ0v) is 19.6. The zero-order chi connectivity index (χ0) is 23.3. The molecule has 0 spiro atoms. The topological polar surface area (TPSA) is 81.0 Å². The molecule has 5 rings (SSSR count). The van der Waals surface area contributed by atoms with Gasteiger partial charge in [-0.1, -0.05) is 12.1 Å². The Labute approximate surface area is 192 Å². The predicted octanol–water partition coefficient (Wildman–Crippen LogP) is 4.66. The standard InChI is InChI=1S/C25H23N5O2S/c1-16-20-14-11-18(15-23(20)28-30(16)3)29(2)25-21-7-5-6-8-22(21)26-24(27-25)17-9-12-19(13-10-17)33(4,31)32/h5-15H,1-4H3. The van der Waals surface area contributed by atoms with Crippen molar-refractivity contribution in [3.63, 3.8) is 0 Å². The summed E-state index contributed by atoms with van der Waals surface area (Å²) >= 11 is 0. The lowest BCUT2D eigenvalue weighted by Crippen LogP contribution is -2.13. The summed E-state index contributed by atoms with van der Waals surface area (Å²) in [6, 6.07) is 20.7. The molecule has 0 aliphatic rings. The van der Waals surface area contributed by atoms with E-state index in [1.165, 1.54) is 6.26 Å². The average Bonchev–Trinajstić information content (AvgIpc) is 3.10. The van der Waals surface area contributed by atoms with Gasteiger partial charge in [0.05, 0.1) is 15.9 Å². The fourth-order valence-electron chi connectivity index (χ4n) is 3.95. The van der Waals surface area contributed by atoms with Crippen molar-refractivity contribution in [2.75, 3.05) is 18.2 Å². The van der Waals surface area contributed by atoms with Gasteiger partial charge in [-0.15, -0.1) is 0 Å². The molecule has 0 saturated heterocycles. The summed E-state index contributed by atoms with van der Waals surface area (Å²) < 4.78 is 25.5. The van der Waals surface area contributed by atoms with Crippen molar-refractivity contribution >= 4 is 43.1 Å². The van der Waals surface area contributed by atoms with Crippen LogP contribution in [-0.4, -0.2) is 41.5 Å². The van der Waals surface area contributed by atoms with Crippen LogP contribution >= 0.6 is 0 Å². The summed E-state index contributed by atoms with van der Waals surface area (Å²) in [6.07, 6.45) is 1.20. The number of rotatable bonds is 4.